The first kappa shape index (κ1) is 17.0. The van der Waals surface area contributed by atoms with Gasteiger partial charge in [-0.3, -0.25) is 4.79 Å². The lowest BCUT2D eigenvalue weighted by atomic mass is 9.82. The van der Waals surface area contributed by atoms with Gasteiger partial charge in [-0.05, 0) is 44.9 Å². The number of rotatable bonds is 3. The van der Waals surface area contributed by atoms with Gasteiger partial charge in [-0.15, -0.1) is 10.2 Å². The first-order chi connectivity index (χ1) is 12.2. The third-order valence-corrected chi connectivity index (χ3v) is 6.27. The SMILES string of the molecule is O=C(CC1(O)CCCCC1)N1CCCCC1c1nnc2n1CCCC2. The van der Waals surface area contributed by atoms with Gasteiger partial charge in [0.15, 0.2) is 5.82 Å². The Morgan fingerprint density at radius 1 is 1.04 bits per heavy atom. The van der Waals surface area contributed by atoms with Crippen molar-refractivity contribution in [2.45, 2.75) is 95.2 Å². The first-order valence-electron chi connectivity index (χ1n) is 10.1. The van der Waals surface area contributed by atoms with E-state index in [2.05, 4.69) is 14.8 Å². The lowest BCUT2D eigenvalue weighted by molar-refractivity contribution is -0.142. The van der Waals surface area contributed by atoms with Crippen LogP contribution in [-0.2, 0) is 17.8 Å². The van der Waals surface area contributed by atoms with E-state index in [0.717, 1.165) is 76.1 Å². The fourth-order valence-corrected chi connectivity index (χ4v) is 4.85. The molecule has 1 N–H and O–H groups in total. The molecule has 6 nitrogen and oxygen atoms in total. The molecule has 1 unspecified atom stereocenters. The van der Waals surface area contributed by atoms with Crippen LogP contribution in [-0.4, -0.2) is 42.8 Å². The number of aromatic nitrogens is 3. The molecule has 1 atom stereocenters. The highest BCUT2D eigenvalue weighted by atomic mass is 16.3. The van der Waals surface area contributed by atoms with Crippen LogP contribution in [0.5, 0.6) is 0 Å². The van der Waals surface area contributed by atoms with Crippen molar-refractivity contribution in [3.05, 3.63) is 11.6 Å². The summed E-state index contributed by atoms with van der Waals surface area (Å²) >= 11 is 0. The summed E-state index contributed by atoms with van der Waals surface area (Å²) in [6.45, 7) is 1.75. The minimum absolute atomic E-state index is 0.0350. The van der Waals surface area contributed by atoms with Crippen molar-refractivity contribution >= 4 is 5.91 Å². The van der Waals surface area contributed by atoms with Crippen LogP contribution < -0.4 is 0 Å². The number of piperidine rings is 1. The number of aryl methyl sites for hydroxylation is 1. The Morgan fingerprint density at radius 2 is 1.84 bits per heavy atom. The van der Waals surface area contributed by atoms with Gasteiger partial charge >= 0.3 is 0 Å². The molecule has 2 fully saturated rings. The second-order valence-corrected chi connectivity index (χ2v) is 8.14. The number of carbonyl (C=O) groups excluding carboxylic acids is 1. The van der Waals surface area contributed by atoms with Crippen LogP contribution in [0, 0.1) is 0 Å². The smallest absolute Gasteiger partial charge is 0.226 e. The van der Waals surface area contributed by atoms with Gasteiger partial charge in [-0.1, -0.05) is 19.3 Å². The highest BCUT2D eigenvalue weighted by Crippen LogP contribution is 2.36. The zero-order valence-corrected chi connectivity index (χ0v) is 15.1. The number of hydrogen-bond donors (Lipinski definition) is 1. The molecule has 0 radical (unpaired) electrons. The topological polar surface area (TPSA) is 71.2 Å². The zero-order chi connectivity index (χ0) is 17.3. The van der Waals surface area contributed by atoms with Crippen molar-refractivity contribution in [1.82, 2.24) is 19.7 Å². The Kier molecular flexibility index (Phi) is 4.80. The molecule has 1 aliphatic carbocycles. The Hall–Kier alpha value is -1.43. The molecule has 3 heterocycles. The summed E-state index contributed by atoms with van der Waals surface area (Å²) in [5.74, 6) is 2.14. The standard InChI is InChI=1S/C19H30N4O2/c24-17(14-19(25)10-4-1-5-11-19)22-12-6-2-8-15(22)18-21-20-16-9-3-7-13-23(16)18/h15,25H,1-14H2. The third kappa shape index (κ3) is 3.46. The molecule has 0 bridgehead atoms. The van der Waals surface area contributed by atoms with Crippen molar-refractivity contribution in [2.24, 2.45) is 0 Å². The molecule has 1 aromatic heterocycles. The predicted molar refractivity (Wildman–Crippen MR) is 93.9 cm³/mol. The lowest BCUT2D eigenvalue weighted by Crippen LogP contribution is -2.44. The highest BCUT2D eigenvalue weighted by molar-refractivity contribution is 5.77. The van der Waals surface area contributed by atoms with Gasteiger partial charge in [0.05, 0.1) is 18.1 Å². The largest absolute Gasteiger partial charge is 0.389 e. The minimum atomic E-state index is -0.790. The third-order valence-electron chi connectivity index (χ3n) is 6.27. The number of hydrogen-bond acceptors (Lipinski definition) is 4. The maximum atomic E-state index is 13.1. The van der Waals surface area contributed by atoms with Gasteiger partial charge in [-0.25, -0.2) is 0 Å². The second kappa shape index (κ2) is 7.06. The van der Waals surface area contributed by atoms with Gasteiger partial charge in [0, 0.05) is 19.5 Å². The summed E-state index contributed by atoms with van der Waals surface area (Å²) in [5, 5.41) is 19.7. The maximum Gasteiger partial charge on any atom is 0.226 e. The monoisotopic (exact) mass is 346 g/mol. The molecule has 1 amide bonds. The summed E-state index contributed by atoms with van der Waals surface area (Å²) in [6.07, 6.45) is 11.5. The summed E-state index contributed by atoms with van der Waals surface area (Å²) in [5.41, 5.74) is -0.790. The van der Waals surface area contributed by atoms with Gasteiger partial charge in [0.2, 0.25) is 5.91 Å². The molecule has 0 aromatic carbocycles. The van der Waals surface area contributed by atoms with Gasteiger partial charge in [0.1, 0.15) is 5.82 Å². The minimum Gasteiger partial charge on any atom is -0.389 e. The summed E-state index contributed by atoms with van der Waals surface area (Å²) in [7, 11) is 0. The average molecular weight is 346 g/mol. The molecule has 4 rings (SSSR count). The Morgan fingerprint density at radius 3 is 2.68 bits per heavy atom. The molecule has 0 spiro atoms. The number of carbonyl (C=O) groups is 1. The van der Waals surface area contributed by atoms with E-state index in [0.29, 0.717) is 0 Å². The summed E-state index contributed by atoms with van der Waals surface area (Å²) in [6, 6.07) is 0.0350. The number of fused-ring (bicyclic) bond motifs is 1. The van der Waals surface area contributed by atoms with Crippen LogP contribution in [0.1, 0.15) is 88.3 Å². The first-order valence-corrected chi connectivity index (χ1v) is 10.1. The molecule has 1 saturated carbocycles. The molecular weight excluding hydrogens is 316 g/mol. The number of likely N-dealkylation sites (tertiary alicyclic amines) is 1. The van der Waals surface area contributed by atoms with Gasteiger partial charge < -0.3 is 14.6 Å². The van der Waals surface area contributed by atoms with Crippen molar-refractivity contribution < 1.29 is 9.90 Å². The van der Waals surface area contributed by atoms with Crippen LogP contribution in [0.2, 0.25) is 0 Å². The van der Waals surface area contributed by atoms with Crippen molar-refractivity contribution in [1.29, 1.82) is 0 Å². The van der Waals surface area contributed by atoms with Crippen molar-refractivity contribution in [2.75, 3.05) is 6.54 Å². The predicted octanol–water partition coefficient (Wildman–Crippen LogP) is 2.75. The lowest BCUT2D eigenvalue weighted by Gasteiger charge is -2.39. The normalized spacial score (nSPS) is 26.3. The van der Waals surface area contributed by atoms with Crippen molar-refractivity contribution in [3.8, 4) is 0 Å². The van der Waals surface area contributed by atoms with Crippen LogP contribution in [0.3, 0.4) is 0 Å². The Labute approximate surface area is 149 Å². The number of aliphatic hydroxyl groups is 1. The molecule has 2 aliphatic heterocycles. The van der Waals surface area contributed by atoms with Crippen LogP contribution in [0.25, 0.3) is 0 Å². The maximum absolute atomic E-state index is 13.1. The highest BCUT2D eigenvalue weighted by Gasteiger charge is 2.38. The fraction of sp³-hybridized carbons (Fsp3) is 0.842. The van der Waals surface area contributed by atoms with Crippen LogP contribution in [0.4, 0.5) is 0 Å². The Bertz CT molecular complexity index is 621. The number of nitrogens with zero attached hydrogens (tertiary/aromatic N) is 4. The van der Waals surface area contributed by atoms with E-state index in [9.17, 15) is 9.90 Å². The second-order valence-electron chi connectivity index (χ2n) is 8.14. The number of amides is 1. The molecule has 138 valence electrons. The van der Waals surface area contributed by atoms with E-state index in [1.165, 1.54) is 19.3 Å². The van der Waals surface area contributed by atoms with E-state index in [-0.39, 0.29) is 18.4 Å². The fourth-order valence-electron chi connectivity index (χ4n) is 4.85. The van der Waals surface area contributed by atoms with Crippen LogP contribution in [0.15, 0.2) is 0 Å². The molecular formula is C19H30N4O2. The van der Waals surface area contributed by atoms with Gasteiger partial charge in [-0.2, -0.15) is 0 Å². The van der Waals surface area contributed by atoms with E-state index >= 15 is 0 Å². The molecule has 3 aliphatic rings. The molecule has 1 aromatic rings. The van der Waals surface area contributed by atoms with E-state index in [1.807, 2.05) is 4.90 Å². The molecule has 6 heteroatoms. The zero-order valence-electron chi connectivity index (χ0n) is 15.1. The summed E-state index contributed by atoms with van der Waals surface area (Å²) < 4.78 is 2.25. The average Bonchev–Trinajstić information content (AvgIpc) is 3.06. The summed E-state index contributed by atoms with van der Waals surface area (Å²) in [4.78, 5) is 15.0. The molecule has 25 heavy (non-hydrogen) atoms. The quantitative estimate of drug-likeness (QED) is 0.913. The van der Waals surface area contributed by atoms with Crippen LogP contribution >= 0.6 is 0 Å². The van der Waals surface area contributed by atoms with E-state index in [1.54, 1.807) is 0 Å². The van der Waals surface area contributed by atoms with Gasteiger partial charge in [0.25, 0.3) is 0 Å². The van der Waals surface area contributed by atoms with E-state index in [4.69, 9.17) is 0 Å². The van der Waals surface area contributed by atoms with Crippen molar-refractivity contribution in [3.63, 3.8) is 0 Å². The van der Waals surface area contributed by atoms with E-state index < -0.39 is 5.60 Å². The Balaban J connectivity index is 1.53. The molecule has 1 saturated heterocycles.